The molecule has 1 aliphatic heterocycles. The molecule has 0 radical (unpaired) electrons. The first-order chi connectivity index (χ1) is 16.1. The third kappa shape index (κ3) is 5.62. The Hall–Kier alpha value is -1.59. The minimum absolute atomic E-state index is 0.125. The van der Waals surface area contributed by atoms with Crippen molar-refractivity contribution in [3.63, 3.8) is 0 Å². The van der Waals surface area contributed by atoms with Crippen molar-refractivity contribution >= 4 is 46.5 Å². The fourth-order valence-electron chi connectivity index (χ4n) is 3.30. The number of aromatic nitrogens is 4. The summed E-state index contributed by atoms with van der Waals surface area (Å²) in [6, 6.07) is 2.84. The van der Waals surface area contributed by atoms with Crippen LogP contribution in [0.5, 0.6) is 5.19 Å². The van der Waals surface area contributed by atoms with Crippen LogP contribution in [0.2, 0.25) is 5.02 Å². The number of thiazole rings is 1. The molecule has 0 saturated carbocycles. The number of aromatic hydroxyl groups is 1. The largest absolute Gasteiger partial charge is 0.486 e. The van der Waals surface area contributed by atoms with Crippen LogP contribution in [0.4, 0.5) is 13.2 Å². The maximum Gasteiger partial charge on any atom is 0.446 e. The van der Waals surface area contributed by atoms with Gasteiger partial charge in [-0.25, -0.2) is 9.67 Å². The van der Waals surface area contributed by atoms with Crippen LogP contribution in [0.25, 0.3) is 11.4 Å². The van der Waals surface area contributed by atoms with Gasteiger partial charge in [-0.15, -0.1) is 5.10 Å². The van der Waals surface area contributed by atoms with Crippen molar-refractivity contribution in [3.8, 4) is 16.6 Å². The molecule has 34 heavy (non-hydrogen) atoms. The zero-order chi connectivity index (χ0) is 24.6. The SMILES string of the molecule is OCC1O[C@H](Sc2ccc(SC(F)(F)F)c(Cl)c2)C(O)C(n2cc(-c3csc(O)n3)nn2)[C@H]1O. The fraction of sp³-hybridized carbons (Fsp3) is 0.389. The van der Waals surface area contributed by atoms with Gasteiger partial charge in [0, 0.05) is 15.2 Å². The monoisotopic (exact) mass is 556 g/mol. The summed E-state index contributed by atoms with van der Waals surface area (Å²) in [6.07, 6.45) is -2.38. The smallest absolute Gasteiger partial charge is 0.446 e. The highest BCUT2D eigenvalue weighted by Gasteiger charge is 2.46. The summed E-state index contributed by atoms with van der Waals surface area (Å²) in [5, 5.41) is 50.0. The van der Waals surface area contributed by atoms with E-state index in [4.69, 9.17) is 16.3 Å². The summed E-state index contributed by atoms with van der Waals surface area (Å²) in [5.74, 6) is 0. The van der Waals surface area contributed by atoms with E-state index in [1.54, 1.807) is 5.38 Å². The number of aliphatic hydroxyl groups excluding tert-OH is 3. The van der Waals surface area contributed by atoms with Crippen molar-refractivity contribution in [2.24, 2.45) is 0 Å². The summed E-state index contributed by atoms with van der Waals surface area (Å²) < 4.78 is 44.8. The number of thioether (sulfide) groups is 2. The van der Waals surface area contributed by atoms with Crippen LogP contribution in [-0.2, 0) is 4.74 Å². The Bertz CT molecular complexity index is 1150. The van der Waals surface area contributed by atoms with Gasteiger partial charge in [-0.05, 0) is 30.0 Å². The van der Waals surface area contributed by atoms with Crippen LogP contribution in [0.3, 0.4) is 0 Å². The maximum atomic E-state index is 12.6. The van der Waals surface area contributed by atoms with E-state index in [0.717, 1.165) is 23.1 Å². The van der Waals surface area contributed by atoms with Crippen LogP contribution in [0.15, 0.2) is 39.6 Å². The maximum absolute atomic E-state index is 12.6. The van der Waals surface area contributed by atoms with Gasteiger partial charge in [0.1, 0.15) is 41.2 Å². The van der Waals surface area contributed by atoms with E-state index >= 15 is 0 Å². The average Bonchev–Trinajstić information content (AvgIpc) is 3.40. The van der Waals surface area contributed by atoms with Crippen LogP contribution < -0.4 is 0 Å². The highest BCUT2D eigenvalue weighted by atomic mass is 35.5. The Labute approximate surface area is 207 Å². The minimum atomic E-state index is -4.49. The quantitative estimate of drug-likeness (QED) is 0.335. The molecule has 0 bridgehead atoms. The first-order valence-corrected chi connectivity index (χ1v) is 12.4. The number of hydrogen-bond acceptors (Lipinski definition) is 11. The lowest BCUT2D eigenvalue weighted by Crippen LogP contribution is -2.55. The normalized spacial score (nSPS) is 25.6. The van der Waals surface area contributed by atoms with Crippen LogP contribution in [0, 0.1) is 0 Å². The van der Waals surface area contributed by atoms with Crippen LogP contribution in [-0.4, -0.2) is 76.3 Å². The van der Waals surface area contributed by atoms with E-state index in [-0.39, 0.29) is 32.6 Å². The molecule has 5 atom stereocenters. The number of ether oxygens (including phenoxy) is 1. The first-order valence-electron chi connectivity index (χ1n) is 9.47. The van der Waals surface area contributed by atoms with Gasteiger partial charge in [-0.1, -0.05) is 39.9 Å². The lowest BCUT2D eigenvalue weighted by atomic mass is 9.97. The Kier molecular flexibility index (Phi) is 7.64. The van der Waals surface area contributed by atoms with Crippen LogP contribution in [0.1, 0.15) is 6.04 Å². The predicted octanol–water partition coefficient (Wildman–Crippen LogP) is 3.14. The number of nitrogens with zero attached hydrogens (tertiary/aromatic N) is 4. The molecule has 0 spiro atoms. The fourth-order valence-corrected chi connectivity index (χ4v) is 5.84. The van der Waals surface area contributed by atoms with Crippen LogP contribution >= 0.6 is 46.5 Å². The topological polar surface area (TPSA) is 134 Å². The molecule has 4 N–H and O–H groups in total. The van der Waals surface area contributed by atoms with Gasteiger partial charge in [-0.3, -0.25) is 0 Å². The second kappa shape index (κ2) is 10.2. The number of benzene rings is 1. The molecule has 1 aliphatic rings. The Morgan fingerprint density at radius 3 is 2.59 bits per heavy atom. The summed E-state index contributed by atoms with van der Waals surface area (Å²) in [4.78, 5) is 4.13. The van der Waals surface area contributed by atoms with E-state index in [1.165, 1.54) is 29.1 Å². The highest BCUT2D eigenvalue weighted by molar-refractivity contribution is 8.00. The van der Waals surface area contributed by atoms with Crippen molar-refractivity contribution in [2.45, 2.75) is 45.1 Å². The lowest BCUT2D eigenvalue weighted by molar-refractivity contribution is -0.178. The third-order valence-electron chi connectivity index (χ3n) is 4.80. The highest BCUT2D eigenvalue weighted by Crippen LogP contribution is 2.43. The zero-order valence-electron chi connectivity index (χ0n) is 16.7. The van der Waals surface area contributed by atoms with Crippen molar-refractivity contribution in [1.82, 2.24) is 20.0 Å². The van der Waals surface area contributed by atoms with Gasteiger partial charge in [0.25, 0.3) is 5.19 Å². The van der Waals surface area contributed by atoms with Crippen molar-refractivity contribution in [3.05, 3.63) is 34.8 Å². The molecule has 3 aromatic rings. The van der Waals surface area contributed by atoms with Gasteiger partial charge >= 0.3 is 5.51 Å². The number of halogens is 4. The molecule has 0 aliphatic carbocycles. The van der Waals surface area contributed by atoms with E-state index in [1.807, 2.05) is 0 Å². The molecule has 1 saturated heterocycles. The van der Waals surface area contributed by atoms with E-state index in [0.29, 0.717) is 10.6 Å². The van der Waals surface area contributed by atoms with E-state index < -0.39 is 41.9 Å². The molecular formula is C18H16ClF3N4O5S3. The van der Waals surface area contributed by atoms with Gasteiger partial charge in [0.15, 0.2) is 0 Å². The van der Waals surface area contributed by atoms with E-state index in [9.17, 15) is 33.6 Å². The van der Waals surface area contributed by atoms with Crippen molar-refractivity contribution < 1.29 is 38.3 Å². The lowest BCUT2D eigenvalue weighted by Gasteiger charge is -2.41. The van der Waals surface area contributed by atoms with E-state index in [2.05, 4.69) is 15.3 Å². The second-order valence-electron chi connectivity index (χ2n) is 7.05. The average molecular weight is 557 g/mol. The summed E-state index contributed by atoms with van der Waals surface area (Å²) in [5.41, 5.74) is -4.89. The van der Waals surface area contributed by atoms with Gasteiger partial charge in [-0.2, -0.15) is 13.2 Å². The molecule has 2 aromatic heterocycles. The third-order valence-corrected chi connectivity index (χ3v) is 7.82. The molecule has 1 fully saturated rings. The molecule has 3 heterocycles. The summed E-state index contributed by atoms with van der Waals surface area (Å²) in [7, 11) is 0. The predicted molar refractivity (Wildman–Crippen MR) is 119 cm³/mol. The number of rotatable bonds is 6. The minimum Gasteiger partial charge on any atom is -0.486 e. The molecular weight excluding hydrogens is 541 g/mol. The van der Waals surface area contributed by atoms with Gasteiger partial charge in [0.2, 0.25) is 0 Å². The standard InChI is InChI=1S/C18H16ClF3N4O5S3/c19-8-3-7(1-2-12(8)34-18(20,21)22)33-16-15(29)13(14(28)11(5-27)31-16)26-4-9(24-25-26)10-6-32-17(30)23-10/h1-4,6,11,13-16,27-29H,5H2,(H,23,30)/t11?,13?,14-,15?,16+/m0/s1. The molecule has 1 aromatic carbocycles. The van der Waals surface area contributed by atoms with Crippen molar-refractivity contribution in [1.29, 1.82) is 0 Å². The summed E-state index contributed by atoms with van der Waals surface area (Å²) >= 11 is 7.61. The molecule has 0 amide bonds. The molecule has 3 unspecified atom stereocenters. The molecule has 184 valence electrons. The number of aliphatic hydroxyl groups is 3. The zero-order valence-corrected chi connectivity index (χ0v) is 19.9. The van der Waals surface area contributed by atoms with Gasteiger partial charge < -0.3 is 25.2 Å². The molecule has 9 nitrogen and oxygen atoms in total. The Morgan fingerprint density at radius 2 is 1.97 bits per heavy atom. The number of alkyl halides is 3. The van der Waals surface area contributed by atoms with Crippen molar-refractivity contribution in [2.75, 3.05) is 6.61 Å². The second-order valence-corrected chi connectivity index (χ2v) is 10.6. The molecule has 4 rings (SSSR count). The summed E-state index contributed by atoms with van der Waals surface area (Å²) in [6.45, 7) is -0.565. The first kappa shape index (κ1) is 25.5. The Balaban J connectivity index is 1.56. The Morgan fingerprint density at radius 1 is 1.21 bits per heavy atom. The number of hydrogen-bond donors (Lipinski definition) is 4. The van der Waals surface area contributed by atoms with Gasteiger partial charge in [0.05, 0.1) is 17.8 Å². The molecule has 16 heteroatoms.